The quantitative estimate of drug-likeness (QED) is 0.434. The van der Waals surface area contributed by atoms with Gasteiger partial charge in [0.15, 0.2) is 5.75 Å². The fourth-order valence-electron chi connectivity index (χ4n) is 0.476. The summed E-state index contributed by atoms with van der Waals surface area (Å²) in [5.41, 5.74) is 0. The van der Waals surface area contributed by atoms with E-state index in [0.717, 1.165) is 0 Å². The molecule has 0 unspecified atom stereocenters. The Kier molecular flexibility index (Phi) is 1.80. The maximum atomic E-state index is 4.66. The van der Waals surface area contributed by atoms with Gasteiger partial charge < -0.3 is 4.84 Å². The van der Waals surface area contributed by atoms with Crippen molar-refractivity contribution in [1.29, 1.82) is 0 Å². The van der Waals surface area contributed by atoms with Crippen LogP contribution in [-0.2, 0) is 0 Å². The maximum absolute atomic E-state index is 4.66. The average molecular weight is 122 g/mol. The summed E-state index contributed by atoms with van der Waals surface area (Å²) >= 11 is 0. The zero-order valence-electron chi connectivity index (χ0n) is 4.82. The highest BCUT2D eigenvalue weighted by molar-refractivity contribution is 5.23. The van der Waals surface area contributed by atoms with E-state index in [1.54, 1.807) is 24.5 Å². The van der Waals surface area contributed by atoms with Gasteiger partial charge in [0.2, 0.25) is 0 Å². The van der Waals surface area contributed by atoms with Crippen molar-refractivity contribution in [2.75, 3.05) is 0 Å². The van der Waals surface area contributed by atoms with Crippen molar-refractivity contribution in [3.8, 4) is 5.75 Å². The minimum absolute atomic E-state index is 0.604. The van der Waals surface area contributed by atoms with Gasteiger partial charge in [-0.15, -0.1) is 0 Å². The molecule has 1 heterocycles. The summed E-state index contributed by atoms with van der Waals surface area (Å²) in [5, 5.41) is 3.22. The van der Waals surface area contributed by atoms with E-state index in [1.807, 2.05) is 0 Å². The zero-order chi connectivity index (χ0) is 6.53. The summed E-state index contributed by atoms with van der Waals surface area (Å²) in [5.74, 6) is 0.604. The van der Waals surface area contributed by atoms with Gasteiger partial charge in [0.25, 0.3) is 0 Å². The minimum Gasteiger partial charge on any atom is -0.356 e. The summed E-state index contributed by atoms with van der Waals surface area (Å²) in [6.07, 6.45) is 3.23. The molecule has 3 heteroatoms. The molecule has 0 spiro atoms. The van der Waals surface area contributed by atoms with Gasteiger partial charge in [-0.25, -0.2) is 0 Å². The number of nitrogens with zero attached hydrogens (tertiary/aromatic N) is 2. The summed E-state index contributed by atoms with van der Waals surface area (Å²) in [4.78, 5) is 8.45. The molecule has 0 saturated carbocycles. The SMILES string of the molecule is C=NOc1cccnc1. The normalized spacial score (nSPS) is 8.44. The van der Waals surface area contributed by atoms with Crippen LogP contribution in [0, 0.1) is 0 Å². The van der Waals surface area contributed by atoms with Crippen molar-refractivity contribution in [1.82, 2.24) is 4.98 Å². The Bertz CT molecular complexity index is 186. The van der Waals surface area contributed by atoms with Gasteiger partial charge >= 0.3 is 0 Å². The summed E-state index contributed by atoms with van der Waals surface area (Å²) < 4.78 is 0. The molecule has 0 fully saturated rings. The standard InChI is InChI=1S/C6H6N2O/c1-7-9-6-3-2-4-8-5-6/h2-5H,1H2. The van der Waals surface area contributed by atoms with Crippen molar-refractivity contribution < 1.29 is 4.84 Å². The lowest BCUT2D eigenvalue weighted by molar-refractivity contribution is 0.344. The molecular weight excluding hydrogens is 116 g/mol. The topological polar surface area (TPSA) is 34.5 Å². The van der Waals surface area contributed by atoms with Gasteiger partial charge in [-0.3, -0.25) is 4.98 Å². The van der Waals surface area contributed by atoms with Crippen LogP contribution >= 0.6 is 0 Å². The molecule has 1 aromatic heterocycles. The number of pyridine rings is 1. The van der Waals surface area contributed by atoms with Crippen molar-refractivity contribution in [2.24, 2.45) is 5.16 Å². The molecule has 0 radical (unpaired) electrons. The molecule has 0 N–H and O–H groups in total. The smallest absolute Gasteiger partial charge is 0.176 e. The second kappa shape index (κ2) is 2.81. The van der Waals surface area contributed by atoms with E-state index in [4.69, 9.17) is 0 Å². The van der Waals surface area contributed by atoms with Crippen molar-refractivity contribution in [3.05, 3.63) is 24.5 Å². The van der Waals surface area contributed by atoms with E-state index in [9.17, 15) is 0 Å². The molecule has 3 nitrogen and oxygen atoms in total. The highest BCUT2D eigenvalue weighted by atomic mass is 16.6. The number of aromatic nitrogens is 1. The third kappa shape index (κ3) is 1.53. The first-order chi connectivity index (χ1) is 4.43. The summed E-state index contributed by atoms with van der Waals surface area (Å²) in [6.45, 7) is 3.16. The highest BCUT2D eigenvalue weighted by Gasteiger charge is 1.85. The van der Waals surface area contributed by atoms with Crippen LogP contribution in [0.1, 0.15) is 0 Å². The Labute approximate surface area is 53.0 Å². The maximum Gasteiger partial charge on any atom is 0.176 e. The highest BCUT2D eigenvalue weighted by Crippen LogP contribution is 2.04. The Balaban J connectivity index is 2.72. The number of oxime groups is 1. The van der Waals surface area contributed by atoms with E-state index in [2.05, 4.69) is 21.7 Å². The van der Waals surface area contributed by atoms with Gasteiger partial charge in [-0.1, -0.05) is 5.16 Å². The van der Waals surface area contributed by atoms with Gasteiger partial charge in [0, 0.05) is 12.9 Å². The minimum atomic E-state index is 0.604. The predicted molar refractivity (Wildman–Crippen MR) is 34.4 cm³/mol. The zero-order valence-corrected chi connectivity index (χ0v) is 4.82. The van der Waals surface area contributed by atoms with Crippen LogP contribution in [0.15, 0.2) is 29.7 Å². The Hall–Kier alpha value is -1.38. The molecule has 0 atom stereocenters. The predicted octanol–water partition coefficient (Wildman–Crippen LogP) is 1.08. The average Bonchev–Trinajstić information content (AvgIpc) is 1.91. The van der Waals surface area contributed by atoms with Crippen molar-refractivity contribution in [3.63, 3.8) is 0 Å². The monoisotopic (exact) mass is 122 g/mol. The molecule has 0 aliphatic heterocycles. The van der Waals surface area contributed by atoms with Crippen LogP contribution in [0.3, 0.4) is 0 Å². The Morgan fingerprint density at radius 1 is 1.67 bits per heavy atom. The van der Waals surface area contributed by atoms with Gasteiger partial charge in [0.1, 0.15) is 0 Å². The van der Waals surface area contributed by atoms with Gasteiger partial charge in [-0.2, -0.15) is 0 Å². The van der Waals surface area contributed by atoms with Crippen LogP contribution in [0.4, 0.5) is 0 Å². The molecule has 0 aromatic carbocycles. The van der Waals surface area contributed by atoms with Crippen LogP contribution < -0.4 is 4.84 Å². The number of rotatable bonds is 2. The Morgan fingerprint density at radius 2 is 2.56 bits per heavy atom. The van der Waals surface area contributed by atoms with Gasteiger partial charge in [-0.05, 0) is 12.1 Å². The lowest BCUT2D eigenvalue weighted by Crippen LogP contribution is -1.79. The summed E-state index contributed by atoms with van der Waals surface area (Å²) in [7, 11) is 0. The largest absolute Gasteiger partial charge is 0.356 e. The van der Waals surface area contributed by atoms with Crippen molar-refractivity contribution in [2.45, 2.75) is 0 Å². The van der Waals surface area contributed by atoms with Crippen LogP contribution in [0.2, 0.25) is 0 Å². The molecule has 0 aliphatic rings. The third-order valence-corrected chi connectivity index (χ3v) is 0.804. The molecule has 1 aromatic rings. The van der Waals surface area contributed by atoms with E-state index in [0.29, 0.717) is 5.75 Å². The second-order valence-electron chi connectivity index (χ2n) is 1.41. The molecule has 9 heavy (non-hydrogen) atoms. The van der Waals surface area contributed by atoms with E-state index in [1.165, 1.54) is 0 Å². The molecule has 0 saturated heterocycles. The first-order valence-electron chi connectivity index (χ1n) is 2.46. The molecule has 1 rings (SSSR count). The van der Waals surface area contributed by atoms with Crippen LogP contribution in [-0.4, -0.2) is 11.7 Å². The Morgan fingerprint density at radius 3 is 3.11 bits per heavy atom. The van der Waals surface area contributed by atoms with Crippen LogP contribution in [0.5, 0.6) is 5.75 Å². The van der Waals surface area contributed by atoms with Gasteiger partial charge in [0.05, 0.1) is 6.20 Å². The first kappa shape index (κ1) is 5.75. The van der Waals surface area contributed by atoms with E-state index < -0.39 is 0 Å². The number of hydrogen-bond acceptors (Lipinski definition) is 3. The van der Waals surface area contributed by atoms with Crippen LogP contribution in [0.25, 0.3) is 0 Å². The molecule has 0 aliphatic carbocycles. The van der Waals surface area contributed by atoms with E-state index >= 15 is 0 Å². The summed E-state index contributed by atoms with van der Waals surface area (Å²) in [6, 6.07) is 3.52. The lowest BCUT2D eigenvalue weighted by atomic mass is 10.5. The lowest BCUT2D eigenvalue weighted by Gasteiger charge is -1.92. The third-order valence-electron chi connectivity index (χ3n) is 0.804. The molecular formula is C6H6N2O. The fraction of sp³-hybridized carbons (Fsp3) is 0. The molecule has 0 bridgehead atoms. The fourth-order valence-corrected chi connectivity index (χ4v) is 0.476. The molecule has 46 valence electrons. The second-order valence-corrected chi connectivity index (χ2v) is 1.41. The van der Waals surface area contributed by atoms with Crippen molar-refractivity contribution >= 4 is 6.72 Å². The number of hydrogen-bond donors (Lipinski definition) is 0. The molecule has 0 amide bonds. The van der Waals surface area contributed by atoms with E-state index in [-0.39, 0.29) is 0 Å². The first-order valence-corrected chi connectivity index (χ1v) is 2.46.